The molecule has 1 aromatic rings. The van der Waals surface area contributed by atoms with Crippen molar-refractivity contribution >= 4 is 15.8 Å². The standard InChI is InChI=1S/C18H29N3O2S/c1-3-18(11-7-8-12-18)15-21-17(19-2)20-13-14-24(22,23)16-9-5-4-6-10-16/h4-6,9-10H,3,7-8,11-15H2,1-2H3,(H2,19,20,21). The number of benzene rings is 1. The van der Waals surface area contributed by atoms with Gasteiger partial charge in [0.15, 0.2) is 15.8 Å². The van der Waals surface area contributed by atoms with Crippen molar-refractivity contribution in [3.05, 3.63) is 30.3 Å². The SMILES string of the molecule is CCC1(CNC(=NC)NCCS(=O)(=O)c2ccccc2)CCCC1. The molecule has 6 heteroatoms. The van der Waals surface area contributed by atoms with Crippen LogP contribution in [0.5, 0.6) is 0 Å². The maximum absolute atomic E-state index is 12.3. The van der Waals surface area contributed by atoms with Crippen molar-refractivity contribution < 1.29 is 8.42 Å². The van der Waals surface area contributed by atoms with Gasteiger partial charge in [-0.1, -0.05) is 38.0 Å². The molecule has 1 fully saturated rings. The Balaban J connectivity index is 1.82. The highest BCUT2D eigenvalue weighted by Gasteiger charge is 2.31. The molecule has 0 amide bonds. The van der Waals surface area contributed by atoms with E-state index >= 15 is 0 Å². The van der Waals surface area contributed by atoms with Crippen LogP contribution in [0.2, 0.25) is 0 Å². The first-order chi connectivity index (χ1) is 11.5. The average molecular weight is 352 g/mol. The lowest BCUT2D eigenvalue weighted by atomic mass is 9.83. The quantitative estimate of drug-likeness (QED) is 0.585. The second-order valence-corrected chi connectivity index (χ2v) is 8.65. The van der Waals surface area contributed by atoms with Crippen LogP contribution in [0.25, 0.3) is 0 Å². The zero-order valence-electron chi connectivity index (χ0n) is 14.7. The molecule has 0 spiro atoms. The summed E-state index contributed by atoms with van der Waals surface area (Å²) in [5.74, 6) is 0.731. The van der Waals surface area contributed by atoms with E-state index in [1.807, 2.05) is 6.07 Å². The predicted molar refractivity (Wildman–Crippen MR) is 99.1 cm³/mol. The van der Waals surface area contributed by atoms with E-state index in [1.54, 1.807) is 31.3 Å². The molecule has 0 saturated heterocycles. The van der Waals surface area contributed by atoms with Crippen molar-refractivity contribution in [1.29, 1.82) is 0 Å². The monoisotopic (exact) mass is 351 g/mol. The van der Waals surface area contributed by atoms with Gasteiger partial charge in [0.05, 0.1) is 10.6 Å². The molecule has 1 aliphatic rings. The first-order valence-electron chi connectivity index (χ1n) is 8.74. The van der Waals surface area contributed by atoms with Crippen LogP contribution in [-0.4, -0.2) is 40.3 Å². The van der Waals surface area contributed by atoms with Gasteiger partial charge < -0.3 is 10.6 Å². The second-order valence-electron chi connectivity index (χ2n) is 6.55. The van der Waals surface area contributed by atoms with Gasteiger partial charge in [0.25, 0.3) is 0 Å². The summed E-state index contributed by atoms with van der Waals surface area (Å²) in [6.45, 7) is 3.49. The molecule has 2 N–H and O–H groups in total. The van der Waals surface area contributed by atoms with Crippen molar-refractivity contribution in [3.8, 4) is 0 Å². The molecule has 0 radical (unpaired) electrons. The van der Waals surface area contributed by atoms with Gasteiger partial charge in [0, 0.05) is 20.1 Å². The van der Waals surface area contributed by atoms with E-state index in [9.17, 15) is 8.42 Å². The van der Waals surface area contributed by atoms with Crippen molar-refractivity contribution in [3.63, 3.8) is 0 Å². The Morgan fingerprint density at radius 3 is 2.42 bits per heavy atom. The van der Waals surface area contributed by atoms with E-state index in [0.717, 1.165) is 6.54 Å². The molecule has 5 nitrogen and oxygen atoms in total. The molecule has 0 bridgehead atoms. The number of hydrogen-bond donors (Lipinski definition) is 2. The summed E-state index contributed by atoms with van der Waals surface area (Å²) in [6.07, 6.45) is 6.29. The summed E-state index contributed by atoms with van der Waals surface area (Å²) in [6, 6.07) is 8.57. The number of aliphatic imine (C=N–C) groups is 1. The van der Waals surface area contributed by atoms with E-state index in [2.05, 4.69) is 22.5 Å². The van der Waals surface area contributed by atoms with Crippen LogP contribution in [0, 0.1) is 5.41 Å². The Labute approximate surface area is 145 Å². The average Bonchev–Trinajstić information content (AvgIpc) is 3.08. The molecule has 0 aliphatic heterocycles. The first-order valence-corrected chi connectivity index (χ1v) is 10.4. The fraction of sp³-hybridized carbons (Fsp3) is 0.611. The second kappa shape index (κ2) is 8.51. The Bertz CT molecular complexity index is 635. The van der Waals surface area contributed by atoms with Crippen molar-refractivity contribution in [1.82, 2.24) is 10.6 Å². The van der Waals surface area contributed by atoms with Crippen LogP contribution >= 0.6 is 0 Å². The molecule has 2 rings (SSSR count). The molecule has 0 heterocycles. The van der Waals surface area contributed by atoms with Gasteiger partial charge in [0.2, 0.25) is 0 Å². The maximum atomic E-state index is 12.3. The van der Waals surface area contributed by atoms with Crippen LogP contribution in [0.3, 0.4) is 0 Å². The van der Waals surface area contributed by atoms with Crippen molar-refractivity contribution in [2.75, 3.05) is 25.9 Å². The molecule has 0 unspecified atom stereocenters. The lowest BCUT2D eigenvalue weighted by Crippen LogP contribution is -2.44. The van der Waals surface area contributed by atoms with Crippen molar-refractivity contribution in [2.45, 2.75) is 43.9 Å². The number of guanidine groups is 1. The van der Waals surface area contributed by atoms with Crippen LogP contribution in [0.4, 0.5) is 0 Å². The highest BCUT2D eigenvalue weighted by molar-refractivity contribution is 7.91. The van der Waals surface area contributed by atoms with Crippen LogP contribution in [-0.2, 0) is 9.84 Å². The molecule has 134 valence electrons. The third kappa shape index (κ3) is 4.97. The molecule has 1 aromatic carbocycles. The van der Waals surface area contributed by atoms with Gasteiger partial charge in [-0.15, -0.1) is 0 Å². The molecule has 1 aliphatic carbocycles. The van der Waals surface area contributed by atoms with Crippen LogP contribution in [0.15, 0.2) is 40.2 Å². The van der Waals surface area contributed by atoms with E-state index < -0.39 is 9.84 Å². The summed E-state index contributed by atoms with van der Waals surface area (Å²) in [5.41, 5.74) is 0.369. The summed E-state index contributed by atoms with van der Waals surface area (Å²) >= 11 is 0. The minimum Gasteiger partial charge on any atom is -0.356 e. The Morgan fingerprint density at radius 2 is 1.83 bits per heavy atom. The van der Waals surface area contributed by atoms with E-state index in [-0.39, 0.29) is 5.75 Å². The topological polar surface area (TPSA) is 70.6 Å². The maximum Gasteiger partial charge on any atom is 0.191 e. The van der Waals surface area contributed by atoms with E-state index in [0.29, 0.717) is 22.8 Å². The minimum absolute atomic E-state index is 0.0522. The highest BCUT2D eigenvalue weighted by atomic mass is 32.2. The molecular formula is C18H29N3O2S. The zero-order valence-corrected chi connectivity index (χ0v) is 15.5. The number of sulfone groups is 1. The highest BCUT2D eigenvalue weighted by Crippen LogP contribution is 2.40. The fourth-order valence-corrected chi connectivity index (χ4v) is 4.50. The summed E-state index contributed by atoms with van der Waals surface area (Å²) in [5, 5.41) is 6.49. The van der Waals surface area contributed by atoms with Crippen molar-refractivity contribution in [2.24, 2.45) is 10.4 Å². The largest absolute Gasteiger partial charge is 0.356 e. The summed E-state index contributed by atoms with van der Waals surface area (Å²) in [7, 11) is -1.54. The third-order valence-electron chi connectivity index (χ3n) is 5.03. The molecule has 0 atom stereocenters. The summed E-state index contributed by atoms with van der Waals surface area (Å²) in [4.78, 5) is 4.57. The van der Waals surface area contributed by atoms with E-state index in [1.165, 1.54) is 32.1 Å². The Morgan fingerprint density at radius 1 is 1.17 bits per heavy atom. The molecule has 24 heavy (non-hydrogen) atoms. The molecule has 1 saturated carbocycles. The summed E-state index contributed by atoms with van der Waals surface area (Å²) < 4.78 is 24.5. The smallest absolute Gasteiger partial charge is 0.191 e. The number of nitrogens with one attached hydrogen (secondary N) is 2. The Hall–Kier alpha value is -1.56. The van der Waals surface area contributed by atoms with Gasteiger partial charge in [-0.2, -0.15) is 0 Å². The van der Waals surface area contributed by atoms with Gasteiger partial charge in [-0.25, -0.2) is 8.42 Å². The number of rotatable bonds is 7. The van der Waals surface area contributed by atoms with Gasteiger partial charge in [-0.3, -0.25) is 4.99 Å². The van der Waals surface area contributed by atoms with Gasteiger partial charge in [0.1, 0.15) is 0 Å². The number of hydrogen-bond acceptors (Lipinski definition) is 3. The predicted octanol–water partition coefficient (Wildman–Crippen LogP) is 2.60. The molecular weight excluding hydrogens is 322 g/mol. The van der Waals surface area contributed by atoms with Crippen LogP contribution in [0.1, 0.15) is 39.0 Å². The van der Waals surface area contributed by atoms with Crippen LogP contribution < -0.4 is 10.6 Å². The van der Waals surface area contributed by atoms with Gasteiger partial charge in [-0.05, 0) is 36.8 Å². The first kappa shape index (κ1) is 18.8. The fourth-order valence-electron chi connectivity index (χ4n) is 3.32. The minimum atomic E-state index is -3.26. The third-order valence-corrected chi connectivity index (χ3v) is 6.77. The molecule has 0 aromatic heterocycles. The lowest BCUT2D eigenvalue weighted by Gasteiger charge is -2.28. The van der Waals surface area contributed by atoms with Gasteiger partial charge >= 0.3 is 0 Å². The normalized spacial score (nSPS) is 17.7. The van der Waals surface area contributed by atoms with E-state index in [4.69, 9.17) is 0 Å². The number of nitrogens with zero attached hydrogens (tertiary/aromatic N) is 1. The lowest BCUT2D eigenvalue weighted by molar-refractivity contribution is 0.283. The zero-order chi connectivity index (χ0) is 17.5. The Kier molecular flexibility index (Phi) is 6.66.